The van der Waals surface area contributed by atoms with E-state index in [4.69, 9.17) is 10.8 Å². The van der Waals surface area contributed by atoms with Crippen LogP contribution in [0.15, 0.2) is 18.2 Å². The smallest absolute Gasteiger partial charge is 0.292 e. The van der Waals surface area contributed by atoms with Crippen LogP contribution in [-0.4, -0.2) is 54.3 Å². The number of anilines is 2. The summed E-state index contributed by atoms with van der Waals surface area (Å²) < 4.78 is 0. The van der Waals surface area contributed by atoms with Gasteiger partial charge in [0.25, 0.3) is 5.69 Å². The molecular weight excluding hydrogens is 260 g/mol. The Bertz CT molecular complexity index is 473. The highest BCUT2D eigenvalue weighted by Gasteiger charge is 2.19. The number of hydrogen-bond acceptors (Lipinski definition) is 6. The molecule has 1 aliphatic rings. The number of aliphatic hydroxyl groups excluding tert-OH is 1. The monoisotopic (exact) mass is 280 g/mol. The number of nitro groups is 1. The van der Waals surface area contributed by atoms with Crippen molar-refractivity contribution in [1.82, 2.24) is 4.90 Å². The Morgan fingerprint density at radius 3 is 2.55 bits per heavy atom. The summed E-state index contributed by atoms with van der Waals surface area (Å²) in [6.07, 6.45) is 0.796. The molecule has 7 heteroatoms. The second-order valence-electron chi connectivity index (χ2n) is 4.91. The maximum absolute atomic E-state index is 10.7. The lowest BCUT2D eigenvalue weighted by Gasteiger charge is -2.36. The van der Waals surface area contributed by atoms with Gasteiger partial charge >= 0.3 is 0 Å². The van der Waals surface area contributed by atoms with Gasteiger partial charge in [0.2, 0.25) is 0 Å². The van der Waals surface area contributed by atoms with E-state index in [1.807, 2.05) is 0 Å². The minimum atomic E-state index is -0.466. The molecule has 2 rings (SSSR count). The first kappa shape index (κ1) is 14.5. The van der Waals surface area contributed by atoms with Crippen LogP contribution in [0.4, 0.5) is 17.1 Å². The molecule has 1 heterocycles. The molecule has 0 radical (unpaired) electrons. The molecule has 20 heavy (non-hydrogen) atoms. The van der Waals surface area contributed by atoms with Crippen molar-refractivity contribution < 1.29 is 10.0 Å². The summed E-state index contributed by atoms with van der Waals surface area (Å²) in [5.41, 5.74) is 6.80. The third-order valence-electron chi connectivity index (χ3n) is 3.58. The Kier molecular flexibility index (Phi) is 4.75. The van der Waals surface area contributed by atoms with Gasteiger partial charge in [0.1, 0.15) is 5.69 Å². The first-order valence-electron chi connectivity index (χ1n) is 6.74. The van der Waals surface area contributed by atoms with E-state index in [1.54, 1.807) is 12.1 Å². The van der Waals surface area contributed by atoms with Crippen LogP contribution in [-0.2, 0) is 0 Å². The van der Waals surface area contributed by atoms with Gasteiger partial charge in [-0.15, -0.1) is 0 Å². The molecule has 0 spiro atoms. The van der Waals surface area contributed by atoms with Crippen LogP contribution >= 0.6 is 0 Å². The van der Waals surface area contributed by atoms with Gasteiger partial charge in [0.15, 0.2) is 0 Å². The predicted molar refractivity (Wildman–Crippen MR) is 77.9 cm³/mol. The summed E-state index contributed by atoms with van der Waals surface area (Å²) in [5.74, 6) is 0. The molecule has 0 bridgehead atoms. The average molecular weight is 280 g/mol. The lowest BCUT2D eigenvalue weighted by atomic mass is 10.2. The maximum atomic E-state index is 10.7. The van der Waals surface area contributed by atoms with E-state index in [2.05, 4.69) is 9.80 Å². The van der Waals surface area contributed by atoms with E-state index >= 15 is 0 Å². The highest BCUT2D eigenvalue weighted by Crippen LogP contribution is 2.27. The number of piperazine rings is 1. The van der Waals surface area contributed by atoms with Gasteiger partial charge in [-0.25, -0.2) is 0 Å². The summed E-state index contributed by atoms with van der Waals surface area (Å²) in [6, 6.07) is 4.88. The van der Waals surface area contributed by atoms with E-state index in [9.17, 15) is 10.1 Å². The Morgan fingerprint density at radius 2 is 2.00 bits per heavy atom. The van der Waals surface area contributed by atoms with Crippen molar-refractivity contribution in [2.24, 2.45) is 0 Å². The molecule has 1 aliphatic heterocycles. The van der Waals surface area contributed by atoms with Crippen molar-refractivity contribution in [2.75, 3.05) is 50.0 Å². The first-order chi connectivity index (χ1) is 9.61. The zero-order chi connectivity index (χ0) is 14.5. The average Bonchev–Trinajstić information content (AvgIpc) is 2.45. The summed E-state index contributed by atoms with van der Waals surface area (Å²) in [7, 11) is 0. The van der Waals surface area contributed by atoms with Crippen LogP contribution in [0.5, 0.6) is 0 Å². The number of rotatable bonds is 5. The van der Waals surface area contributed by atoms with E-state index in [0.717, 1.165) is 44.8 Å². The molecule has 1 aromatic rings. The van der Waals surface area contributed by atoms with Gasteiger partial charge in [0.05, 0.1) is 4.92 Å². The summed E-state index contributed by atoms with van der Waals surface area (Å²) >= 11 is 0. The molecule has 0 aliphatic carbocycles. The van der Waals surface area contributed by atoms with Crippen LogP contribution in [0.2, 0.25) is 0 Å². The molecule has 1 fully saturated rings. The Morgan fingerprint density at radius 1 is 1.30 bits per heavy atom. The number of nitrogens with zero attached hydrogens (tertiary/aromatic N) is 3. The number of nitro benzene ring substituents is 1. The fourth-order valence-electron chi connectivity index (χ4n) is 2.43. The fraction of sp³-hybridized carbons (Fsp3) is 0.538. The highest BCUT2D eigenvalue weighted by molar-refractivity contribution is 5.66. The maximum Gasteiger partial charge on any atom is 0.292 e. The van der Waals surface area contributed by atoms with Crippen LogP contribution in [0.25, 0.3) is 0 Å². The number of nitrogen functional groups attached to an aromatic ring is 1. The lowest BCUT2D eigenvalue weighted by Crippen LogP contribution is -2.46. The first-order valence-corrected chi connectivity index (χ1v) is 6.74. The van der Waals surface area contributed by atoms with E-state index in [0.29, 0.717) is 0 Å². The molecular formula is C13H20N4O3. The van der Waals surface area contributed by atoms with E-state index < -0.39 is 4.92 Å². The van der Waals surface area contributed by atoms with Crippen molar-refractivity contribution in [3.05, 3.63) is 28.3 Å². The van der Waals surface area contributed by atoms with Crippen molar-refractivity contribution in [1.29, 1.82) is 0 Å². The fourth-order valence-corrected chi connectivity index (χ4v) is 2.43. The van der Waals surface area contributed by atoms with Gasteiger partial charge in [-0.2, -0.15) is 0 Å². The normalized spacial score (nSPS) is 16.4. The van der Waals surface area contributed by atoms with Crippen molar-refractivity contribution in [2.45, 2.75) is 6.42 Å². The minimum Gasteiger partial charge on any atom is -0.396 e. The number of hydrogen-bond donors (Lipinski definition) is 2. The molecule has 7 nitrogen and oxygen atoms in total. The summed E-state index contributed by atoms with van der Waals surface area (Å²) in [6.45, 7) is 4.71. The van der Waals surface area contributed by atoms with E-state index in [1.165, 1.54) is 6.07 Å². The molecule has 0 unspecified atom stereocenters. The second-order valence-corrected chi connectivity index (χ2v) is 4.91. The Balaban J connectivity index is 1.97. The number of benzene rings is 1. The third kappa shape index (κ3) is 3.37. The standard InChI is InChI=1S/C13H20N4O3/c14-12-10-11(2-3-13(12)17(19)20)16-7-5-15(6-8-16)4-1-9-18/h2-3,10,18H,1,4-9,14H2. The van der Waals surface area contributed by atoms with Crippen LogP contribution in [0, 0.1) is 10.1 Å². The largest absolute Gasteiger partial charge is 0.396 e. The number of aliphatic hydroxyl groups is 1. The molecule has 1 saturated heterocycles. The van der Waals surface area contributed by atoms with Gasteiger partial charge in [-0.1, -0.05) is 0 Å². The Hall–Kier alpha value is -1.86. The van der Waals surface area contributed by atoms with Crippen LogP contribution in [0.3, 0.4) is 0 Å². The van der Waals surface area contributed by atoms with Crippen molar-refractivity contribution >= 4 is 17.1 Å². The third-order valence-corrected chi connectivity index (χ3v) is 3.58. The zero-order valence-corrected chi connectivity index (χ0v) is 11.4. The van der Waals surface area contributed by atoms with Crippen molar-refractivity contribution in [3.63, 3.8) is 0 Å². The summed E-state index contributed by atoms with van der Waals surface area (Å²) in [4.78, 5) is 14.8. The SMILES string of the molecule is Nc1cc(N2CCN(CCCO)CC2)ccc1[N+](=O)[O-]. The van der Waals surface area contributed by atoms with Gasteiger partial charge < -0.3 is 15.7 Å². The van der Waals surface area contributed by atoms with Gasteiger partial charge in [0, 0.05) is 51.1 Å². The second kappa shape index (κ2) is 6.53. The lowest BCUT2D eigenvalue weighted by molar-refractivity contribution is -0.383. The molecule has 1 aromatic carbocycles. The Labute approximate surface area is 117 Å². The minimum absolute atomic E-state index is 0.0460. The van der Waals surface area contributed by atoms with Crippen LogP contribution in [0.1, 0.15) is 6.42 Å². The molecule has 110 valence electrons. The van der Waals surface area contributed by atoms with Gasteiger partial charge in [-0.3, -0.25) is 15.0 Å². The molecule has 0 amide bonds. The van der Waals surface area contributed by atoms with Crippen molar-refractivity contribution in [3.8, 4) is 0 Å². The van der Waals surface area contributed by atoms with Gasteiger partial charge in [-0.05, 0) is 18.6 Å². The molecule has 0 aromatic heterocycles. The topological polar surface area (TPSA) is 95.9 Å². The van der Waals surface area contributed by atoms with E-state index in [-0.39, 0.29) is 18.0 Å². The highest BCUT2D eigenvalue weighted by atomic mass is 16.6. The molecule has 3 N–H and O–H groups in total. The zero-order valence-electron chi connectivity index (χ0n) is 11.4. The quantitative estimate of drug-likeness (QED) is 0.468. The number of nitrogens with two attached hydrogens (primary N) is 1. The molecule has 0 saturated carbocycles. The molecule has 0 atom stereocenters. The summed E-state index contributed by atoms with van der Waals surface area (Å²) in [5, 5.41) is 19.6. The predicted octanol–water partition coefficient (Wildman–Crippen LogP) is 0.681. The van der Waals surface area contributed by atoms with Crippen LogP contribution < -0.4 is 10.6 Å².